The topological polar surface area (TPSA) is 53.9 Å². The lowest BCUT2D eigenvalue weighted by Gasteiger charge is -2.30. The largest absolute Gasteiger partial charge is 0.346 e. The van der Waals surface area contributed by atoms with E-state index in [1.807, 2.05) is 17.0 Å². The first-order valence-corrected chi connectivity index (χ1v) is 7.17. The molecule has 0 aromatic heterocycles. The number of nitrogens with one attached hydrogen (secondary N) is 2. The number of fused-ring (bicyclic) bond motifs is 1. The van der Waals surface area contributed by atoms with Gasteiger partial charge in [0.1, 0.15) is 0 Å². The lowest BCUT2D eigenvalue weighted by atomic mass is 10.00. The van der Waals surface area contributed by atoms with Crippen LogP contribution in [-0.4, -0.2) is 49.4 Å². The van der Waals surface area contributed by atoms with Gasteiger partial charge >= 0.3 is 0 Å². The van der Waals surface area contributed by atoms with E-state index in [0.29, 0.717) is 26.2 Å². The summed E-state index contributed by atoms with van der Waals surface area (Å²) in [6, 6.07) is 8.30. The third-order valence-corrected chi connectivity index (χ3v) is 4.10. The summed E-state index contributed by atoms with van der Waals surface area (Å²) in [5, 5.41) is 2.79. The molecule has 5 heteroatoms. The lowest BCUT2D eigenvalue weighted by Crippen LogP contribution is -3.16. The summed E-state index contributed by atoms with van der Waals surface area (Å²) < 4.78 is 0. The fourth-order valence-electron chi connectivity index (χ4n) is 2.94. The van der Waals surface area contributed by atoms with E-state index in [9.17, 15) is 9.59 Å². The van der Waals surface area contributed by atoms with Crippen molar-refractivity contribution in [2.75, 3.05) is 32.7 Å². The number of hydrogen-bond donors (Lipinski definition) is 2. The van der Waals surface area contributed by atoms with Crippen LogP contribution in [0.25, 0.3) is 0 Å². The molecule has 1 fully saturated rings. The Kier molecular flexibility index (Phi) is 3.69. The quantitative estimate of drug-likeness (QED) is 0.696. The Morgan fingerprint density at radius 3 is 2.90 bits per heavy atom. The van der Waals surface area contributed by atoms with Gasteiger partial charge in [0.25, 0.3) is 11.8 Å². The molecule has 5 nitrogen and oxygen atoms in total. The molecule has 3 rings (SSSR count). The summed E-state index contributed by atoms with van der Waals surface area (Å²) >= 11 is 0. The van der Waals surface area contributed by atoms with Crippen molar-refractivity contribution in [3.63, 3.8) is 0 Å². The van der Waals surface area contributed by atoms with Crippen molar-refractivity contribution < 1.29 is 14.5 Å². The number of carbonyl (C=O) groups is 2. The molecule has 2 amide bonds. The van der Waals surface area contributed by atoms with E-state index >= 15 is 0 Å². The first kappa shape index (κ1) is 13.1. The van der Waals surface area contributed by atoms with Gasteiger partial charge in [-0.1, -0.05) is 24.3 Å². The van der Waals surface area contributed by atoms with Gasteiger partial charge in [-0.05, 0) is 17.5 Å². The van der Waals surface area contributed by atoms with Gasteiger partial charge in [0.2, 0.25) is 0 Å². The van der Waals surface area contributed by atoms with Gasteiger partial charge < -0.3 is 15.1 Å². The highest BCUT2D eigenvalue weighted by atomic mass is 16.2. The first-order chi connectivity index (χ1) is 9.72. The second-order valence-electron chi connectivity index (χ2n) is 5.54. The molecule has 0 spiro atoms. The molecule has 1 atom stereocenters. The summed E-state index contributed by atoms with van der Waals surface area (Å²) in [4.78, 5) is 26.7. The molecule has 1 saturated heterocycles. The third-order valence-electron chi connectivity index (χ3n) is 4.10. The van der Waals surface area contributed by atoms with Crippen molar-refractivity contribution in [3.8, 4) is 0 Å². The van der Waals surface area contributed by atoms with Gasteiger partial charge in [0, 0.05) is 13.1 Å². The Labute approximate surface area is 118 Å². The molecule has 0 bridgehead atoms. The molecule has 2 heterocycles. The van der Waals surface area contributed by atoms with Crippen molar-refractivity contribution in [3.05, 3.63) is 35.4 Å². The molecule has 0 radical (unpaired) electrons. The third kappa shape index (κ3) is 2.82. The second-order valence-corrected chi connectivity index (χ2v) is 5.54. The van der Waals surface area contributed by atoms with Crippen molar-refractivity contribution in [2.24, 2.45) is 0 Å². The monoisotopic (exact) mass is 274 g/mol. The van der Waals surface area contributed by atoms with Crippen LogP contribution in [0, 0.1) is 0 Å². The van der Waals surface area contributed by atoms with Crippen LogP contribution in [0.15, 0.2) is 24.3 Å². The van der Waals surface area contributed by atoms with Gasteiger partial charge in [-0.25, -0.2) is 0 Å². The van der Waals surface area contributed by atoms with Crippen LogP contribution in [-0.2, 0) is 22.6 Å². The maximum Gasteiger partial charge on any atom is 0.278 e. The lowest BCUT2D eigenvalue weighted by molar-refractivity contribution is -0.885. The molecular formula is C15H20N3O2+. The zero-order valence-corrected chi connectivity index (χ0v) is 11.5. The number of nitrogens with zero attached hydrogens (tertiary/aromatic N) is 1. The molecule has 20 heavy (non-hydrogen) atoms. The molecule has 106 valence electrons. The average Bonchev–Trinajstić information content (AvgIpc) is 2.47. The summed E-state index contributed by atoms with van der Waals surface area (Å²) in [5.74, 6) is 0.201. The molecule has 1 aromatic rings. The first-order valence-electron chi connectivity index (χ1n) is 7.17. The maximum absolute atomic E-state index is 12.4. The molecule has 1 aromatic carbocycles. The van der Waals surface area contributed by atoms with E-state index in [1.54, 1.807) is 0 Å². The molecule has 2 aliphatic heterocycles. The minimum absolute atomic E-state index is 0.0445. The standard InChI is InChI=1S/C15H19N3O2/c19-14-10-17(8-6-16-14)11-15(20)18-7-5-12-3-1-2-4-13(12)9-18/h1-4H,5-11H2,(H,16,19)/p+1. The Bertz CT molecular complexity index is 530. The van der Waals surface area contributed by atoms with Crippen LogP contribution in [0.3, 0.4) is 0 Å². The molecule has 2 N–H and O–H groups in total. The van der Waals surface area contributed by atoms with Gasteiger partial charge in [0.15, 0.2) is 13.1 Å². The summed E-state index contributed by atoms with van der Waals surface area (Å²) in [5.41, 5.74) is 2.60. The zero-order valence-electron chi connectivity index (χ0n) is 11.5. The number of benzene rings is 1. The fraction of sp³-hybridized carbons (Fsp3) is 0.467. The van der Waals surface area contributed by atoms with E-state index in [4.69, 9.17) is 0 Å². The minimum Gasteiger partial charge on any atom is -0.346 e. The smallest absolute Gasteiger partial charge is 0.278 e. The van der Waals surface area contributed by atoms with Crippen molar-refractivity contribution in [1.82, 2.24) is 10.2 Å². The number of quaternary nitrogens is 1. The van der Waals surface area contributed by atoms with Crippen LogP contribution >= 0.6 is 0 Å². The van der Waals surface area contributed by atoms with E-state index in [-0.39, 0.29) is 11.8 Å². The Morgan fingerprint density at radius 1 is 1.30 bits per heavy atom. The molecule has 0 saturated carbocycles. The fourth-order valence-corrected chi connectivity index (χ4v) is 2.94. The normalized spacial score (nSPS) is 22.1. The highest BCUT2D eigenvalue weighted by molar-refractivity contribution is 5.79. The Balaban J connectivity index is 1.60. The summed E-state index contributed by atoms with van der Waals surface area (Å²) in [6.07, 6.45) is 0.928. The number of hydrogen-bond acceptors (Lipinski definition) is 2. The zero-order chi connectivity index (χ0) is 13.9. The summed E-state index contributed by atoms with van der Waals surface area (Å²) in [6.45, 7) is 3.84. The molecule has 2 aliphatic rings. The van der Waals surface area contributed by atoms with E-state index < -0.39 is 0 Å². The van der Waals surface area contributed by atoms with Gasteiger partial charge in [-0.15, -0.1) is 0 Å². The van der Waals surface area contributed by atoms with Crippen molar-refractivity contribution >= 4 is 11.8 Å². The predicted octanol–water partition coefficient (Wildman–Crippen LogP) is -1.41. The molecular weight excluding hydrogens is 254 g/mol. The SMILES string of the molecule is O=C1C[NH+](CC(=O)N2CCc3ccccc3C2)CCN1. The number of rotatable bonds is 2. The van der Waals surface area contributed by atoms with Crippen LogP contribution in [0.5, 0.6) is 0 Å². The average molecular weight is 274 g/mol. The second kappa shape index (κ2) is 5.63. The summed E-state index contributed by atoms with van der Waals surface area (Å²) in [7, 11) is 0. The Hall–Kier alpha value is -1.88. The van der Waals surface area contributed by atoms with Crippen molar-refractivity contribution in [1.29, 1.82) is 0 Å². The van der Waals surface area contributed by atoms with E-state index in [2.05, 4.69) is 17.4 Å². The van der Waals surface area contributed by atoms with Crippen LogP contribution in [0.2, 0.25) is 0 Å². The Morgan fingerprint density at radius 2 is 2.10 bits per heavy atom. The van der Waals surface area contributed by atoms with E-state index in [0.717, 1.165) is 24.4 Å². The number of carbonyl (C=O) groups excluding carboxylic acids is 2. The highest BCUT2D eigenvalue weighted by Crippen LogP contribution is 2.18. The van der Waals surface area contributed by atoms with Crippen LogP contribution in [0.4, 0.5) is 0 Å². The van der Waals surface area contributed by atoms with Crippen molar-refractivity contribution in [2.45, 2.75) is 13.0 Å². The van der Waals surface area contributed by atoms with Crippen LogP contribution < -0.4 is 10.2 Å². The number of piperazine rings is 1. The number of amides is 2. The minimum atomic E-state index is 0.0445. The van der Waals surface area contributed by atoms with Gasteiger partial charge in [-0.2, -0.15) is 0 Å². The molecule has 0 aliphatic carbocycles. The highest BCUT2D eigenvalue weighted by Gasteiger charge is 2.26. The van der Waals surface area contributed by atoms with E-state index in [1.165, 1.54) is 11.1 Å². The predicted molar refractivity (Wildman–Crippen MR) is 74.1 cm³/mol. The van der Waals surface area contributed by atoms with Gasteiger partial charge in [0.05, 0.1) is 13.1 Å². The maximum atomic E-state index is 12.4. The van der Waals surface area contributed by atoms with Gasteiger partial charge in [-0.3, -0.25) is 9.59 Å². The van der Waals surface area contributed by atoms with Crippen LogP contribution in [0.1, 0.15) is 11.1 Å². The molecule has 1 unspecified atom stereocenters.